The standard InChI is InChI=1S/C11H11Cl2FO2/c1-7(15)10-3-2-9(14)4-11(10)16-6-8(13)5-12/h2-5,7,15H,6H2,1H3/t7-/m1/s1. The maximum absolute atomic E-state index is 13.0. The van der Waals surface area contributed by atoms with Crippen molar-refractivity contribution in [2.75, 3.05) is 6.61 Å². The molecule has 1 aromatic rings. The fourth-order valence-electron chi connectivity index (χ4n) is 1.16. The van der Waals surface area contributed by atoms with Gasteiger partial charge in [0.25, 0.3) is 0 Å². The van der Waals surface area contributed by atoms with E-state index in [0.717, 1.165) is 0 Å². The Morgan fingerprint density at radius 1 is 1.62 bits per heavy atom. The highest BCUT2D eigenvalue weighted by Crippen LogP contribution is 2.26. The molecule has 88 valence electrons. The summed E-state index contributed by atoms with van der Waals surface area (Å²) < 4.78 is 18.2. The molecule has 0 spiro atoms. The van der Waals surface area contributed by atoms with Crippen LogP contribution in [-0.2, 0) is 0 Å². The molecule has 0 radical (unpaired) electrons. The third kappa shape index (κ3) is 3.67. The van der Waals surface area contributed by atoms with Crippen LogP contribution in [0.2, 0.25) is 0 Å². The van der Waals surface area contributed by atoms with E-state index >= 15 is 0 Å². The molecule has 2 nitrogen and oxygen atoms in total. The first-order chi connectivity index (χ1) is 7.54. The van der Waals surface area contributed by atoms with Crippen molar-refractivity contribution in [1.29, 1.82) is 0 Å². The van der Waals surface area contributed by atoms with E-state index in [2.05, 4.69) is 0 Å². The fraction of sp³-hybridized carbons (Fsp3) is 0.273. The van der Waals surface area contributed by atoms with Gasteiger partial charge in [-0.2, -0.15) is 0 Å². The van der Waals surface area contributed by atoms with Gasteiger partial charge in [0.1, 0.15) is 18.2 Å². The van der Waals surface area contributed by atoms with E-state index < -0.39 is 11.9 Å². The van der Waals surface area contributed by atoms with Crippen molar-refractivity contribution in [3.05, 3.63) is 40.1 Å². The first kappa shape index (κ1) is 13.3. The lowest BCUT2D eigenvalue weighted by Gasteiger charge is -2.13. The third-order valence-electron chi connectivity index (χ3n) is 1.91. The van der Waals surface area contributed by atoms with Crippen molar-refractivity contribution in [1.82, 2.24) is 0 Å². The second kappa shape index (κ2) is 6.09. The molecule has 0 aliphatic heterocycles. The quantitative estimate of drug-likeness (QED) is 0.901. The second-order valence-electron chi connectivity index (χ2n) is 3.20. The molecule has 0 aliphatic rings. The van der Waals surface area contributed by atoms with E-state index in [0.29, 0.717) is 10.6 Å². The van der Waals surface area contributed by atoms with E-state index in [4.69, 9.17) is 27.9 Å². The lowest BCUT2D eigenvalue weighted by atomic mass is 10.1. The first-order valence-corrected chi connectivity index (χ1v) is 5.41. The highest BCUT2D eigenvalue weighted by atomic mass is 35.5. The Labute approximate surface area is 103 Å². The van der Waals surface area contributed by atoms with Crippen LogP contribution < -0.4 is 4.74 Å². The predicted octanol–water partition coefficient (Wildman–Crippen LogP) is 3.58. The molecule has 1 aromatic carbocycles. The molecule has 0 fully saturated rings. The van der Waals surface area contributed by atoms with Gasteiger partial charge >= 0.3 is 0 Å². The molecule has 1 atom stereocenters. The van der Waals surface area contributed by atoms with E-state index in [1.165, 1.54) is 23.7 Å². The molecule has 0 saturated heterocycles. The minimum absolute atomic E-state index is 0.0359. The van der Waals surface area contributed by atoms with E-state index in [1.807, 2.05) is 0 Å². The van der Waals surface area contributed by atoms with Crippen LogP contribution in [-0.4, -0.2) is 11.7 Å². The molecule has 0 heterocycles. The number of aliphatic hydroxyl groups is 1. The van der Waals surface area contributed by atoms with Crippen molar-refractivity contribution >= 4 is 23.2 Å². The lowest BCUT2D eigenvalue weighted by Crippen LogP contribution is -2.02. The number of rotatable bonds is 4. The monoisotopic (exact) mass is 264 g/mol. The maximum Gasteiger partial charge on any atom is 0.128 e. The van der Waals surface area contributed by atoms with Crippen LogP contribution in [0, 0.1) is 5.82 Å². The molecular formula is C11H11Cl2FO2. The summed E-state index contributed by atoms with van der Waals surface area (Å²) in [7, 11) is 0. The minimum atomic E-state index is -0.741. The second-order valence-corrected chi connectivity index (χ2v) is 3.91. The normalized spacial score (nSPS) is 13.7. The zero-order valence-electron chi connectivity index (χ0n) is 8.58. The Kier molecular flexibility index (Phi) is 5.06. The van der Waals surface area contributed by atoms with Crippen molar-refractivity contribution in [3.63, 3.8) is 0 Å². The van der Waals surface area contributed by atoms with Gasteiger partial charge < -0.3 is 9.84 Å². The summed E-state index contributed by atoms with van der Waals surface area (Å²) in [6.45, 7) is 1.60. The molecule has 0 bridgehead atoms. The van der Waals surface area contributed by atoms with Gasteiger partial charge in [-0.25, -0.2) is 4.39 Å². The molecule has 0 amide bonds. The van der Waals surface area contributed by atoms with Crippen molar-refractivity contribution in [2.45, 2.75) is 13.0 Å². The molecule has 1 N–H and O–H groups in total. The van der Waals surface area contributed by atoms with Crippen LogP contribution in [0.25, 0.3) is 0 Å². The van der Waals surface area contributed by atoms with Gasteiger partial charge in [-0.3, -0.25) is 0 Å². The van der Waals surface area contributed by atoms with Gasteiger partial charge in [0.05, 0.1) is 11.1 Å². The maximum atomic E-state index is 13.0. The van der Waals surface area contributed by atoms with Crippen LogP contribution in [0.3, 0.4) is 0 Å². The van der Waals surface area contributed by atoms with Crippen LogP contribution in [0.15, 0.2) is 28.8 Å². The van der Waals surface area contributed by atoms with E-state index in [-0.39, 0.29) is 12.4 Å². The smallest absolute Gasteiger partial charge is 0.128 e. The molecule has 0 aromatic heterocycles. The van der Waals surface area contributed by atoms with Gasteiger partial charge in [-0.15, -0.1) is 0 Å². The number of benzene rings is 1. The molecular weight excluding hydrogens is 254 g/mol. The highest BCUT2D eigenvalue weighted by molar-refractivity contribution is 6.36. The summed E-state index contributed by atoms with van der Waals surface area (Å²) in [5, 5.41) is 9.74. The van der Waals surface area contributed by atoms with Crippen LogP contribution in [0.4, 0.5) is 4.39 Å². The molecule has 1 rings (SSSR count). The van der Waals surface area contributed by atoms with Crippen LogP contribution in [0.1, 0.15) is 18.6 Å². The zero-order valence-corrected chi connectivity index (χ0v) is 10.1. The Morgan fingerprint density at radius 3 is 2.88 bits per heavy atom. The number of ether oxygens (including phenoxy) is 1. The van der Waals surface area contributed by atoms with Gasteiger partial charge in [0.15, 0.2) is 0 Å². The van der Waals surface area contributed by atoms with Crippen LogP contribution in [0.5, 0.6) is 5.75 Å². The Bertz CT molecular complexity index is 392. The summed E-state index contributed by atoms with van der Waals surface area (Å²) in [5.41, 5.74) is 1.67. The Hall–Kier alpha value is -0.770. The number of hydrogen-bond donors (Lipinski definition) is 1. The number of halogens is 3. The van der Waals surface area contributed by atoms with Crippen molar-refractivity contribution in [2.24, 2.45) is 0 Å². The average molecular weight is 265 g/mol. The lowest BCUT2D eigenvalue weighted by molar-refractivity contribution is 0.192. The molecule has 0 unspecified atom stereocenters. The van der Waals surface area contributed by atoms with Gasteiger partial charge in [0.2, 0.25) is 0 Å². The van der Waals surface area contributed by atoms with Gasteiger partial charge in [-0.1, -0.05) is 23.2 Å². The third-order valence-corrected chi connectivity index (χ3v) is 2.50. The molecule has 0 aliphatic carbocycles. The van der Waals surface area contributed by atoms with Gasteiger partial charge in [0, 0.05) is 17.2 Å². The summed E-state index contributed by atoms with van der Waals surface area (Å²) >= 11 is 11.0. The van der Waals surface area contributed by atoms with E-state index in [9.17, 15) is 9.50 Å². The largest absolute Gasteiger partial charge is 0.487 e. The molecule has 5 heteroatoms. The summed E-state index contributed by atoms with van der Waals surface area (Å²) in [5.74, 6) is -0.183. The van der Waals surface area contributed by atoms with E-state index in [1.54, 1.807) is 6.92 Å². The van der Waals surface area contributed by atoms with Gasteiger partial charge in [-0.05, 0) is 19.1 Å². The average Bonchev–Trinajstić information content (AvgIpc) is 2.25. The minimum Gasteiger partial charge on any atom is -0.487 e. The highest BCUT2D eigenvalue weighted by Gasteiger charge is 2.10. The zero-order chi connectivity index (χ0) is 12.1. The first-order valence-electron chi connectivity index (χ1n) is 4.59. The topological polar surface area (TPSA) is 29.5 Å². The Balaban J connectivity index is 2.88. The summed E-state index contributed by atoms with van der Waals surface area (Å²) in [4.78, 5) is 0. The van der Waals surface area contributed by atoms with Crippen molar-refractivity contribution in [3.8, 4) is 5.75 Å². The predicted molar refractivity (Wildman–Crippen MR) is 62.3 cm³/mol. The molecule has 0 saturated carbocycles. The summed E-state index contributed by atoms with van der Waals surface area (Å²) in [6, 6.07) is 3.92. The molecule has 16 heavy (non-hydrogen) atoms. The summed E-state index contributed by atoms with van der Waals surface area (Å²) in [6.07, 6.45) is -0.741. The number of hydrogen-bond acceptors (Lipinski definition) is 2. The fourth-order valence-corrected chi connectivity index (χ4v) is 1.27. The van der Waals surface area contributed by atoms with Crippen LogP contribution >= 0.6 is 23.2 Å². The van der Waals surface area contributed by atoms with Crippen molar-refractivity contribution < 1.29 is 14.2 Å². The SMILES string of the molecule is C[C@@H](O)c1ccc(F)cc1OCC(Cl)=CCl. The number of aliphatic hydroxyl groups excluding tert-OH is 1. The Morgan fingerprint density at radius 2 is 2.31 bits per heavy atom.